The van der Waals surface area contributed by atoms with E-state index in [1.807, 2.05) is 11.3 Å². The van der Waals surface area contributed by atoms with Gasteiger partial charge in [-0.25, -0.2) is 0 Å². The molecule has 306 valence electrons. The Morgan fingerprint density at radius 3 is 1.69 bits per heavy atom. The van der Waals surface area contributed by atoms with Crippen molar-refractivity contribution in [3.05, 3.63) is 247 Å². The molecule has 2 heteroatoms. The van der Waals surface area contributed by atoms with Crippen molar-refractivity contribution in [1.29, 1.82) is 0 Å². The van der Waals surface area contributed by atoms with Crippen LogP contribution in [0.25, 0.3) is 102 Å². The maximum absolute atomic E-state index is 2.47. The number of hydrogen-bond donors (Lipinski definition) is 0. The Morgan fingerprint density at radius 1 is 0.338 bits per heavy atom. The Kier molecular flexibility index (Phi) is 8.99. The molecule has 0 saturated carbocycles. The van der Waals surface area contributed by atoms with E-state index in [9.17, 15) is 0 Å². The number of para-hydroxylation sites is 1. The highest BCUT2D eigenvalue weighted by molar-refractivity contribution is 7.25. The van der Waals surface area contributed by atoms with Crippen LogP contribution in [0.1, 0.15) is 29.0 Å². The Labute approximate surface area is 382 Å². The summed E-state index contributed by atoms with van der Waals surface area (Å²) in [5.74, 6) is 0.262. The first-order valence-electron chi connectivity index (χ1n) is 22.7. The lowest BCUT2D eigenvalue weighted by Crippen LogP contribution is -2.03. The van der Waals surface area contributed by atoms with Gasteiger partial charge in [-0.05, 0) is 139 Å². The molecule has 0 aliphatic carbocycles. The largest absolute Gasteiger partial charge is 0.309 e. The van der Waals surface area contributed by atoms with E-state index >= 15 is 0 Å². The third-order valence-electron chi connectivity index (χ3n) is 13.8. The number of benzene rings is 11. The van der Waals surface area contributed by atoms with Crippen LogP contribution in [0.15, 0.2) is 231 Å². The number of nitrogens with zero attached hydrogens (tertiary/aromatic N) is 1. The maximum Gasteiger partial charge on any atom is 0.0547 e. The number of rotatable bonds is 8. The van der Waals surface area contributed by atoms with E-state index in [-0.39, 0.29) is 5.92 Å². The molecule has 1 unspecified atom stereocenters. The summed E-state index contributed by atoms with van der Waals surface area (Å²) in [5, 5.41) is 12.8. The maximum atomic E-state index is 2.47. The molecule has 0 aliphatic heterocycles. The molecular weight excluding hydrogens is 803 g/mol. The number of aromatic nitrogens is 1. The quantitative estimate of drug-likeness (QED) is 0.144. The second-order valence-electron chi connectivity index (χ2n) is 17.6. The van der Waals surface area contributed by atoms with Crippen molar-refractivity contribution < 1.29 is 0 Å². The minimum Gasteiger partial charge on any atom is -0.309 e. The highest BCUT2D eigenvalue weighted by Crippen LogP contribution is 2.41. The van der Waals surface area contributed by atoms with Crippen LogP contribution in [0.5, 0.6) is 0 Å². The van der Waals surface area contributed by atoms with Crippen LogP contribution in [-0.4, -0.2) is 4.57 Å². The molecule has 1 atom stereocenters. The lowest BCUT2D eigenvalue weighted by Gasteiger charge is -2.19. The predicted octanol–water partition coefficient (Wildman–Crippen LogP) is 17.7. The van der Waals surface area contributed by atoms with Gasteiger partial charge in [-0.15, -0.1) is 11.3 Å². The van der Waals surface area contributed by atoms with Gasteiger partial charge in [0.1, 0.15) is 0 Å². The average molecular weight is 846 g/mol. The highest BCUT2D eigenvalue weighted by Gasteiger charge is 2.19. The Bertz CT molecular complexity index is 3960. The molecule has 0 radical (unpaired) electrons. The molecule has 2 aromatic heterocycles. The smallest absolute Gasteiger partial charge is 0.0547 e. The van der Waals surface area contributed by atoms with E-state index < -0.39 is 0 Å². The second-order valence-corrected chi connectivity index (χ2v) is 18.7. The van der Waals surface area contributed by atoms with Crippen LogP contribution >= 0.6 is 11.3 Å². The standard InChI is InChI=1S/C63H43NS/c1-3-13-45-33-49(28-26-42(45)11-1)53-35-52(36-54(37-53)64-60-19-9-7-17-56(60)59-38-47-15-5-6-16-48(47)39-61(59)64)44-24-21-41(22-25-44)23-31-55(50-29-27-43-12-2-4-14-46(43)34-50)51-30-32-58-57-18-8-10-20-62(57)65-63(58)40-51/h1-22,24-30,32-40,55H,23,31H2. The topological polar surface area (TPSA) is 4.93 Å². The summed E-state index contributed by atoms with van der Waals surface area (Å²) in [6, 6.07) is 86.2. The summed E-state index contributed by atoms with van der Waals surface area (Å²) in [4.78, 5) is 0. The molecule has 13 rings (SSSR count). The number of thiophene rings is 1. The van der Waals surface area contributed by atoms with E-state index in [1.165, 1.54) is 113 Å². The molecule has 2 heterocycles. The zero-order chi connectivity index (χ0) is 42.8. The van der Waals surface area contributed by atoms with E-state index in [0.717, 1.165) is 18.5 Å². The van der Waals surface area contributed by atoms with Crippen molar-refractivity contribution in [3.8, 4) is 27.9 Å². The molecule has 0 N–H and O–H groups in total. The van der Waals surface area contributed by atoms with Gasteiger partial charge in [-0.3, -0.25) is 0 Å². The summed E-state index contributed by atoms with van der Waals surface area (Å²) in [7, 11) is 0. The first kappa shape index (κ1) is 37.7. The normalized spacial score (nSPS) is 12.4. The van der Waals surface area contributed by atoms with Gasteiger partial charge in [-0.1, -0.05) is 176 Å². The van der Waals surface area contributed by atoms with Crippen LogP contribution in [-0.2, 0) is 6.42 Å². The summed E-state index contributed by atoms with van der Waals surface area (Å²) in [5.41, 5.74) is 12.5. The van der Waals surface area contributed by atoms with Gasteiger partial charge in [0, 0.05) is 42.6 Å². The lowest BCUT2D eigenvalue weighted by atomic mass is 9.85. The van der Waals surface area contributed by atoms with Gasteiger partial charge in [-0.2, -0.15) is 0 Å². The Hall–Kier alpha value is -7.78. The number of aryl methyl sites for hydroxylation is 1. The van der Waals surface area contributed by atoms with E-state index in [0.29, 0.717) is 0 Å². The van der Waals surface area contributed by atoms with Gasteiger partial charge in [0.05, 0.1) is 11.0 Å². The van der Waals surface area contributed by atoms with Crippen LogP contribution in [0.2, 0.25) is 0 Å². The van der Waals surface area contributed by atoms with Gasteiger partial charge in [0.25, 0.3) is 0 Å². The van der Waals surface area contributed by atoms with E-state index in [2.05, 4.69) is 235 Å². The Morgan fingerprint density at radius 2 is 0.908 bits per heavy atom. The average Bonchev–Trinajstić information content (AvgIpc) is 3.90. The molecule has 13 aromatic rings. The van der Waals surface area contributed by atoms with Gasteiger partial charge < -0.3 is 4.57 Å². The van der Waals surface area contributed by atoms with Crippen LogP contribution in [0.3, 0.4) is 0 Å². The molecule has 65 heavy (non-hydrogen) atoms. The second kappa shape index (κ2) is 15.5. The zero-order valence-electron chi connectivity index (χ0n) is 35.8. The molecule has 0 fully saturated rings. The fourth-order valence-electron chi connectivity index (χ4n) is 10.5. The molecule has 1 nitrogen and oxygen atoms in total. The third-order valence-corrected chi connectivity index (χ3v) is 14.9. The summed E-state index contributed by atoms with van der Waals surface area (Å²) >= 11 is 1.90. The van der Waals surface area contributed by atoms with Crippen molar-refractivity contribution in [1.82, 2.24) is 4.57 Å². The van der Waals surface area contributed by atoms with Crippen LogP contribution < -0.4 is 0 Å². The van der Waals surface area contributed by atoms with Crippen LogP contribution in [0, 0.1) is 0 Å². The third kappa shape index (κ3) is 6.69. The fraction of sp³-hybridized carbons (Fsp3) is 0.0476. The number of fused-ring (bicyclic) bond motifs is 9. The lowest BCUT2D eigenvalue weighted by molar-refractivity contribution is 0.717. The van der Waals surface area contributed by atoms with Crippen molar-refractivity contribution in [2.24, 2.45) is 0 Å². The molecule has 0 bridgehead atoms. The van der Waals surface area contributed by atoms with Crippen molar-refractivity contribution in [3.63, 3.8) is 0 Å². The minimum absolute atomic E-state index is 0.262. The van der Waals surface area contributed by atoms with E-state index in [4.69, 9.17) is 0 Å². The zero-order valence-corrected chi connectivity index (χ0v) is 36.6. The monoisotopic (exact) mass is 845 g/mol. The molecule has 0 spiro atoms. The first-order chi connectivity index (χ1) is 32.2. The molecule has 11 aromatic carbocycles. The fourth-order valence-corrected chi connectivity index (χ4v) is 11.6. The highest BCUT2D eigenvalue weighted by atomic mass is 32.1. The van der Waals surface area contributed by atoms with Crippen molar-refractivity contribution >= 4 is 85.6 Å². The molecule has 0 aliphatic rings. The SMILES string of the molecule is c1ccc2cc(-c3cc(-c4ccc(CCC(c5ccc6ccccc6c5)c5ccc6c(c5)sc5ccccc56)cc4)cc(-n4c5ccccc5c5cc6ccccc6cc54)c3)ccc2c1. The number of hydrogen-bond acceptors (Lipinski definition) is 1. The van der Waals surface area contributed by atoms with Gasteiger partial charge in [0.15, 0.2) is 0 Å². The van der Waals surface area contributed by atoms with Gasteiger partial charge in [0.2, 0.25) is 0 Å². The molecule has 0 saturated heterocycles. The summed E-state index contributed by atoms with van der Waals surface area (Å²) in [6.07, 6.45) is 1.98. The minimum atomic E-state index is 0.262. The van der Waals surface area contributed by atoms with Crippen LogP contribution in [0.4, 0.5) is 0 Å². The first-order valence-corrected chi connectivity index (χ1v) is 23.5. The summed E-state index contributed by atoms with van der Waals surface area (Å²) < 4.78 is 5.18. The molecular formula is C63H43NS. The van der Waals surface area contributed by atoms with Crippen molar-refractivity contribution in [2.45, 2.75) is 18.8 Å². The van der Waals surface area contributed by atoms with Gasteiger partial charge >= 0.3 is 0 Å². The predicted molar refractivity (Wildman–Crippen MR) is 280 cm³/mol. The van der Waals surface area contributed by atoms with E-state index in [1.54, 1.807) is 0 Å². The Balaban J connectivity index is 0.896. The molecule has 0 amide bonds. The van der Waals surface area contributed by atoms with Crippen molar-refractivity contribution in [2.75, 3.05) is 0 Å². The summed E-state index contributed by atoms with van der Waals surface area (Å²) in [6.45, 7) is 0.